The minimum Gasteiger partial charge on any atom is -0.298 e. The largest absolute Gasteiger partial charge is 0.298 e. The fraction of sp³-hybridized carbons (Fsp3) is 0.118. The molecule has 1 nitrogen and oxygen atoms in total. The molecule has 2 rings (SSSR count). The number of benzene rings is 2. The second-order valence-electron chi connectivity index (χ2n) is 4.28. The van der Waals surface area contributed by atoms with Crippen LogP contribution in [-0.4, -0.2) is 6.29 Å². The van der Waals surface area contributed by atoms with Crippen molar-refractivity contribution in [1.82, 2.24) is 0 Å². The lowest BCUT2D eigenvalue weighted by Crippen LogP contribution is -1.91. The van der Waals surface area contributed by atoms with E-state index in [1.165, 1.54) is 5.56 Å². The van der Waals surface area contributed by atoms with E-state index in [0.717, 1.165) is 29.4 Å². The summed E-state index contributed by atoms with van der Waals surface area (Å²) in [5.74, 6) is 0. The molecule has 0 aliphatic heterocycles. The third-order valence-electron chi connectivity index (χ3n) is 2.98. The van der Waals surface area contributed by atoms with Gasteiger partial charge in [0.1, 0.15) is 6.29 Å². The Kier molecular flexibility index (Phi) is 4.08. The van der Waals surface area contributed by atoms with Crippen molar-refractivity contribution < 1.29 is 4.79 Å². The molecular weight excluding hydrogens is 220 g/mol. The number of aldehydes is 1. The van der Waals surface area contributed by atoms with Gasteiger partial charge in [-0.05, 0) is 30.0 Å². The Labute approximate surface area is 108 Å². The molecule has 2 aromatic rings. The van der Waals surface area contributed by atoms with Gasteiger partial charge in [0.25, 0.3) is 0 Å². The number of carbonyl (C=O) groups excluding carboxylic acids is 1. The molecule has 0 spiro atoms. The Hall–Kier alpha value is -2.15. The Morgan fingerprint density at radius 1 is 1.00 bits per heavy atom. The first kappa shape index (κ1) is 12.3. The summed E-state index contributed by atoms with van der Waals surface area (Å²) in [5, 5.41) is 0. The molecule has 0 amide bonds. The molecule has 90 valence electrons. The predicted octanol–water partition coefficient (Wildman–Crippen LogP) is 3.82. The first-order chi connectivity index (χ1) is 8.81. The summed E-state index contributed by atoms with van der Waals surface area (Å²) in [4.78, 5) is 11.2. The van der Waals surface area contributed by atoms with E-state index in [4.69, 9.17) is 0 Å². The van der Waals surface area contributed by atoms with Crippen LogP contribution < -0.4 is 0 Å². The molecule has 0 aliphatic carbocycles. The van der Waals surface area contributed by atoms with Crippen LogP contribution >= 0.6 is 0 Å². The third kappa shape index (κ3) is 2.95. The lowest BCUT2D eigenvalue weighted by molar-refractivity contribution is -0.103. The lowest BCUT2D eigenvalue weighted by atomic mass is 9.99. The average molecular weight is 236 g/mol. The Morgan fingerprint density at radius 2 is 1.67 bits per heavy atom. The summed E-state index contributed by atoms with van der Waals surface area (Å²) in [6.45, 7) is 2.02. The van der Waals surface area contributed by atoms with E-state index in [-0.39, 0.29) is 0 Å². The minimum absolute atomic E-state index is 0.761. The molecule has 0 aromatic heterocycles. The van der Waals surface area contributed by atoms with Crippen LogP contribution in [0.1, 0.15) is 16.7 Å². The van der Waals surface area contributed by atoms with E-state index in [1.807, 2.05) is 55.5 Å². The zero-order valence-electron chi connectivity index (χ0n) is 10.5. The maximum Gasteiger partial charge on any atom is 0.150 e. The highest BCUT2D eigenvalue weighted by atomic mass is 16.1. The maximum atomic E-state index is 11.2. The standard InChI is InChI=1S/C17H16O/c1-14-7-5-6-10-17(14)16(13-18)12-11-15-8-3-2-4-9-15/h2-10,12-13H,11H2,1H3. The number of aryl methyl sites for hydroxylation is 1. The van der Waals surface area contributed by atoms with Crippen LogP contribution in [0.3, 0.4) is 0 Å². The van der Waals surface area contributed by atoms with Crippen LogP contribution in [0.2, 0.25) is 0 Å². The Bertz CT molecular complexity index is 553. The molecule has 0 heterocycles. The number of carbonyl (C=O) groups is 1. The van der Waals surface area contributed by atoms with Gasteiger partial charge in [0.2, 0.25) is 0 Å². The van der Waals surface area contributed by atoms with E-state index in [1.54, 1.807) is 0 Å². The first-order valence-corrected chi connectivity index (χ1v) is 6.06. The monoisotopic (exact) mass is 236 g/mol. The summed E-state index contributed by atoms with van der Waals surface area (Å²) in [6.07, 6.45) is 3.71. The van der Waals surface area contributed by atoms with Crippen molar-refractivity contribution in [2.24, 2.45) is 0 Å². The van der Waals surface area contributed by atoms with Crippen molar-refractivity contribution in [2.75, 3.05) is 0 Å². The van der Waals surface area contributed by atoms with Gasteiger partial charge in [-0.25, -0.2) is 0 Å². The smallest absolute Gasteiger partial charge is 0.150 e. The van der Waals surface area contributed by atoms with Crippen LogP contribution in [0.25, 0.3) is 5.57 Å². The van der Waals surface area contributed by atoms with Crippen molar-refractivity contribution in [3.63, 3.8) is 0 Å². The molecule has 0 atom stereocenters. The van der Waals surface area contributed by atoms with Gasteiger partial charge in [0.15, 0.2) is 0 Å². The first-order valence-electron chi connectivity index (χ1n) is 6.06. The molecular formula is C17H16O. The van der Waals surface area contributed by atoms with Crippen molar-refractivity contribution in [3.05, 3.63) is 77.4 Å². The Balaban J connectivity index is 2.24. The van der Waals surface area contributed by atoms with Crippen molar-refractivity contribution in [3.8, 4) is 0 Å². The SMILES string of the molecule is Cc1ccccc1C(C=O)=CCc1ccccc1. The number of hydrogen-bond donors (Lipinski definition) is 0. The second-order valence-corrected chi connectivity index (χ2v) is 4.28. The van der Waals surface area contributed by atoms with Crippen molar-refractivity contribution in [2.45, 2.75) is 13.3 Å². The summed E-state index contributed by atoms with van der Waals surface area (Å²) in [7, 11) is 0. The van der Waals surface area contributed by atoms with Crippen LogP contribution in [0.15, 0.2) is 60.7 Å². The third-order valence-corrected chi connectivity index (χ3v) is 2.98. The van der Waals surface area contributed by atoms with Gasteiger partial charge in [-0.1, -0.05) is 60.7 Å². The Morgan fingerprint density at radius 3 is 2.33 bits per heavy atom. The van der Waals surface area contributed by atoms with Gasteiger partial charge in [0, 0.05) is 5.57 Å². The topological polar surface area (TPSA) is 17.1 Å². The molecule has 0 N–H and O–H groups in total. The number of allylic oxidation sites excluding steroid dienone is 2. The summed E-state index contributed by atoms with van der Waals surface area (Å²) in [5.41, 5.74) is 4.12. The highest BCUT2D eigenvalue weighted by Crippen LogP contribution is 2.17. The van der Waals surface area contributed by atoms with Crippen molar-refractivity contribution >= 4 is 11.9 Å². The van der Waals surface area contributed by atoms with Gasteiger partial charge >= 0.3 is 0 Å². The zero-order valence-corrected chi connectivity index (χ0v) is 10.5. The van der Waals surface area contributed by atoms with Gasteiger partial charge in [-0.3, -0.25) is 4.79 Å². The van der Waals surface area contributed by atoms with E-state index in [0.29, 0.717) is 0 Å². The highest BCUT2D eigenvalue weighted by Gasteiger charge is 2.02. The highest BCUT2D eigenvalue weighted by molar-refractivity contribution is 6.07. The molecule has 2 aromatic carbocycles. The molecule has 0 fully saturated rings. The van der Waals surface area contributed by atoms with Gasteiger partial charge in [0.05, 0.1) is 0 Å². The quantitative estimate of drug-likeness (QED) is 0.582. The molecule has 0 bridgehead atoms. The van der Waals surface area contributed by atoms with Gasteiger partial charge in [-0.2, -0.15) is 0 Å². The van der Waals surface area contributed by atoms with Crippen LogP contribution in [-0.2, 0) is 11.2 Å². The predicted molar refractivity (Wildman–Crippen MR) is 75.4 cm³/mol. The van der Waals surface area contributed by atoms with E-state index >= 15 is 0 Å². The fourth-order valence-corrected chi connectivity index (χ4v) is 1.96. The van der Waals surface area contributed by atoms with Crippen LogP contribution in [0.4, 0.5) is 0 Å². The fourth-order valence-electron chi connectivity index (χ4n) is 1.96. The van der Waals surface area contributed by atoms with Crippen LogP contribution in [0.5, 0.6) is 0 Å². The summed E-state index contributed by atoms with van der Waals surface area (Å²) >= 11 is 0. The van der Waals surface area contributed by atoms with E-state index in [2.05, 4.69) is 12.1 Å². The molecule has 18 heavy (non-hydrogen) atoms. The molecule has 0 aliphatic rings. The number of hydrogen-bond acceptors (Lipinski definition) is 1. The van der Waals surface area contributed by atoms with Gasteiger partial charge in [-0.15, -0.1) is 0 Å². The molecule has 0 saturated carbocycles. The summed E-state index contributed by atoms with van der Waals surface area (Å²) in [6, 6.07) is 18.1. The average Bonchev–Trinajstić information content (AvgIpc) is 2.42. The molecule has 1 heteroatoms. The normalized spacial score (nSPS) is 11.3. The van der Waals surface area contributed by atoms with E-state index in [9.17, 15) is 4.79 Å². The molecule has 0 unspecified atom stereocenters. The summed E-state index contributed by atoms with van der Waals surface area (Å²) < 4.78 is 0. The maximum absolute atomic E-state index is 11.2. The zero-order chi connectivity index (χ0) is 12.8. The van der Waals surface area contributed by atoms with E-state index < -0.39 is 0 Å². The second kappa shape index (κ2) is 5.97. The number of rotatable bonds is 4. The minimum atomic E-state index is 0.761. The molecule has 0 radical (unpaired) electrons. The molecule has 0 saturated heterocycles. The van der Waals surface area contributed by atoms with Crippen LogP contribution in [0, 0.1) is 6.92 Å². The van der Waals surface area contributed by atoms with Gasteiger partial charge < -0.3 is 0 Å². The van der Waals surface area contributed by atoms with Crippen molar-refractivity contribution in [1.29, 1.82) is 0 Å². The lowest BCUT2D eigenvalue weighted by Gasteiger charge is -2.05.